The summed E-state index contributed by atoms with van der Waals surface area (Å²) in [6.07, 6.45) is 8.22. The summed E-state index contributed by atoms with van der Waals surface area (Å²) in [5.74, 6) is 2.36. The van der Waals surface area contributed by atoms with E-state index >= 15 is 0 Å². The molecule has 2 aromatic rings. The van der Waals surface area contributed by atoms with Crippen LogP contribution in [0.4, 0.5) is 0 Å². The largest absolute Gasteiger partial charge is 0.493 e. The van der Waals surface area contributed by atoms with Gasteiger partial charge in [-0.3, -0.25) is 4.90 Å². The Bertz CT molecular complexity index is 1050. The molecule has 7 heteroatoms. The number of hydrogen-bond donors (Lipinski definition) is 0. The molecule has 0 N–H and O–H groups in total. The van der Waals surface area contributed by atoms with Crippen LogP contribution in [0.3, 0.4) is 0 Å². The van der Waals surface area contributed by atoms with E-state index < -0.39 is 0 Å². The first-order chi connectivity index (χ1) is 17.1. The van der Waals surface area contributed by atoms with Crippen molar-refractivity contribution in [2.75, 3.05) is 35.0 Å². The second-order valence-corrected chi connectivity index (χ2v) is 9.00. The van der Waals surface area contributed by atoms with Gasteiger partial charge < -0.3 is 23.7 Å². The Labute approximate surface area is 207 Å². The monoisotopic (exact) mass is 481 g/mol. The standard InChI is InChI=1S/C28H35NO6/c1-31-24-11-8-19(15-26(24)33-3)9-13-28(30)35-22-17-21-7-5-6-14-29(21)23(18-22)20-10-12-25(32-2)27(16-20)34-4/h8-13,15-16,21-23H,5-7,14,17-18H2,1-4H3/b13-9+/t21-,22-,23-/m1/s1. The van der Waals surface area contributed by atoms with Gasteiger partial charge in [-0.25, -0.2) is 4.79 Å². The molecule has 4 rings (SSSR count). The highest BCUT2D eigenvalue weighted by atomic mass is 16.5. The highest BCUT2D eigenvalue weighted by molar-refractivity contribution is 5.87. The summed E-state index contributed by atoms with van der Waals surface area (Å²) in [5.41, 5.74) is 2.00. The molecule has 2 fully saturated rings. The predicted octanol–water partition coefficient (Wildman–Crippen LogP) is 5.04. The Morgan fingerprint density at radius 3 is 2.26 bits per heavy atom. The van der Waals surface area contributed by atoms with Gasteiger partial charge >= 0.3 is 5.97 Å². The number of esters is 1. The van der Waals surface area contributed by atoms with Crippen molar-refractivity contribution >= 4 is 12.0 Å². The van der Waals surface area contributed by atoms with E-state index in [1.165, 1.54) is 18.9 Å². The van der Waals surface area contributed by atoms with Gasteiger partial charge in [-0.15, -0.1) is 0 Å². The van der Waals surface area contributed by atoms with Crippen LogP contribution >= 0.6 is 0 Å². The van der Waals surface area contributed by atoms with E-state index in [0.717, 1.165) is 42.7 Å². The van der Waals surface area contributed by atoms with Crippen LogP contribution in [0.15, 0.2) is 42.5 Å². The maximum absolute atomic E-state index is 12.7. The zero-order valence-electron chi connectivity index (χ0n) is 21.0. The number of methoxy groups -OCH3 is 4. The third-order valence-corrected chi connectivity index (χ3v) is 6.99. The first-order valence-corrected chi connectivity index (χ1v) is 12.1. The molecule has 0 bridgehead atoms. The van der Waals surface area contributed by atoms with Gasteiger partial charge in [0.1, 0.15) is 6.10 Å². The molecular weight excluding hydrogens is 446 g/mol. The summed E-state index contributed by atoms with van der Waals surface area (Å²) in [6, 6.07) is 12.2. The third-order valence-electron chi connectivity index (χ3n) is 6.99. The first-order valence-electron chi connectivity index (χ1n) is 12.1. The quantitative estimate of drug-likeness (QED) is 0.387. The average molecular weight is 482 g/mol. The van der Waals surface area contributed by atoms with Gasteiger partial charge in [0.05, 0.1) is 28.4 Å². The fourth-order valence-corrected chi connectivity index (χ4v) is 5.28. The van der Waals surface area contributed by atoms with Crippen LogP contribution in [0.2, 0.25) is 0 Å². The van der Waals surface area contributed by atoms with E-state index in [0.29, 0.717) is 23.3 Å². The Kier molecular flexibility index (Phi) is 8.18. The lowest BCUT2D eigenvalue weighted by molar-refractivity contribution is -0.148. The van der Waals surface area contributed by atoms with Crippen molar-refractivity contribution in [3.63, 3.8) is 0 Å². The summed E-state index contributed by atoms with van der Waals surface area (Å²) < 4.78 is 27.5. The minimum atomic E-state index is -0.333. The van der Waals surface area contributed by atoms with Gasteiger partial charge in [0.15, 0.2) is 23.0 Å². The van der Waals surface area contributed by atoms with Crippen LogP contribution in [0.5, 0.6) is 23.0 Å². The molecule has 0 unspecified atom stereocenters. The second kappa shape index (κ2) is 11.5. The molecule has 0 aliphatic carbocycles. The number of carbonyl (C=O) groups is 1. The van der Waals surface area contributed by atoms with Crippen molar-refractivity contribution in [3.05, 3.63) is 53.6 Å². The van der Waals surface area contributed by atoms with Crippen molar-refractivity contribution in [2.45, 2.75) is 50.3 Å². The van der Waals surface area contributed by atoms with E-state index in [2.05, 4.69) is 17.0 Å². The fourth-order valence-electron chi connectivity index (χ4n) is 5.28. The molecule has 0 amide bonds. The molecule has 0 saturated carbocycles. The molecule has 0 spiro atoms. The lowest BCUT2D eigenvalue weighted by Gasteiger charge is -2.47. The maximum atomic E-state index is 12.7. The van der Waals surface area contributed by atoms with E-state index in [4.69, 9.17) is 23.7 Å². The van der Waals surface area contributed by atoms with E-state index in [1.807, 2.05) is 24.3 Å². The number of piperidine rings is 2. The first kappa shape index (κ1) is 24.9. The molecular formula is C28H35NO6. The minimum absolute atomic E-state index is 0.144. The van der Waals surface area contributed by atoms with Gasteiger partial charge in [-0.1, -0.05) is 18.6 Å². The maximum Gasteiger partial charge on any atom is 0.331 e. The molecule has 35 heavy (non-hydrogen) atoms. The molecule has 2 aliphatic heterocycles. The number of fused-ring (bicyclic) bond motifs is 1. The van der Waals surface area contributed by atoms with E-state index in [9.17, 15) is 4.79 Å². The summed E-state index contributed by atoms with van der Waals surface area (Å²) in [4.78, 5) is 15.3. The predicted molar refractivity (Wildman–Crippen MR) is 134 cm³/mol. The Morgan fingerprint density at radius 1 is 0.857 bits per heavy atom. The number of hydrogen-bond acceptors (Lipinski definition) is 7. The summed E-state index contributed by atoms with van der Waals surface area (Å²) in [5, 5.41) is 0. The molecule has 2 heterocycles. The van der Waals surface area contributed by atoms with Crippen molar-refractivity contribution in [3.8, 4) is 23.0 Å². The molecule has 2 aromatic carbocycles. The number of carbonyl (C=O) groups excluding carboxylic acids is 1. The second-order valence-electron chi connectivity index (χ2n) is 9.00. The van der Waals surface area contributed by atoms with Gasteiger partial charge in [-0.2, -0.15) is 0 Å². The molecule has 7 nitrogen and oxygen atoms in total. The van der Waals surface area contributed by atoms with Crippen molar-refractivity contribution in [1.82, 2.24) is 4.90 Å². The number of benzene rings is 2. The van der Waals surface area contributed by atoms with Gasteiger partial charge in [-0.05, 0) is 60.9 Å². The zero-order chi connectivity index (χ0) is 24.8. The van der Waals surface area contributed by atoms with Gasteiger partial charge in [0, 0.05) is 31.0 Å². The van der Waals surface area contributed by atoms with Crippen LogP contribution < -0.4 is 18.9 Å². The van der Waals surface area contributed by atoms with Gasteiger partial charge in [0.2, 0.25) is 0 Å². The van der Waals surface area contributed by atoms with Crippen LogP contribution in [-0.2, 0) is 9.53 Å². The molecule has 3 atom stereocenters. The highest BCUT2D eigenvalue weighted by Gasteiger charge is 2.39. The van der Waals surface area contributed by atoms with Crippen LogP contribution in [-0.4, -0.2) is 58.0 Å². The molecule has 2 saturated heterocycles. The van der Waals surface area contributed by atoms with E-state index in [1.54, 1.807) is 34.5 Å². The third kappa shape index (κ3) is 5.73. The molecule has 2 aliphatic rings. The summed E-state index contributed by atoms with van der Waals surface area (Å²) in [6.45, 7) is 1.06. The molecule has 0 radical (unpaired) electrons. The molecule has 188 valence electrons. The summed E-state index contributed by atoms with van der Waals surface area (Å²) >= 11 is 0. The number of rotatable bonds is 8. The average Bonchev–Trinajstić information content (AvgIpc) is 2.90. The Hall–Kier alpha value is -3.19. The molecule has 0 aromatic heterocycles. The highest BCUT2D eigenvalue weighted by Crippen LogP contribution is 2.42. The zero-order valence-corrected chi connectivity index (χ0v) is 21.0. The number of nitrogens with zero attached hydrogens (tertiary/aromatic N) is 1. The fraction of sp³-hybridized carbons (Fsp3) is 0.464. The van der Waals surface area contributed by atoms with Crippen LogP contribution in [0.1, 0.15) is 49.3 Å². The van der Waals surface area contributed by atoms with Gasteiger partial charge in [0.25, 0.3) is 0 Å². The lowest BCUT2D eigenvalue weighted by Crippen LogP contribution is -2.49. The van der Waals surface area contributed by atoms with Crippen LogP contribution in [0, 0.1) is 0 Å². The topological polar surface area (TPSA) is 66.5 Å². The minimum Gasteiger partial charge on any atom is -0.493 e. The lowest BCUT2D eigenvalue weighted by atomic mass is 9.84. The Balaban J connectivity index is 1.48. The Morgan fingerprint density at radius 2 is 1.54 bits per heavy atom. The number of ether oxygens (including phenoxy) is 5. The normalized spacial score (nSPS) is 22.3. The van der Waals surface area contributed by atoms with Crippen molar-refractivity contribution in [2.24, 2.45) is 0 Å². The smallest absolute Gasteiger partial charge is 0.331 e. The van der Waals surface area contributed by atoms with Crippen molar-refractivity contribution < 1.29 is 28.5 Å². The van der Waals surface area contributed by atoms with Crippen molar-refractivity contribution in [1.29, 1.82) is 0 Å². The van der Waals surface area contributed by atoms with E-state index in [-0.39, 0.29) is 18.1 Å². The summed E-state index contributed by atoms with van der Waals surface area (Å²) in [7, 11) is 6.48. The van der Waals surface area contributed by atoms with Crippen LogP contribution in [0.25, 0.3) is 6.08 Å². The SMILES string of the molecule is COc1ccc(/C=C/C(=O)O[C@@H]2C[C@H]3CCCCN3[C@@H](c3ccc(OC)c(OC)c3)C2)cc1OC.